The van der Waals surface area contributed by atoms with Crippen LogP contribution in [0.15, 0.2) is 45.3 Å². The Morgan fingerprint density at radius 2 is 0.820 bits per heavy atom. The van der Waals surface area contributed by atoms with Crippen LogP contribution in [0.3, 0.4) is 0 Å². The highest BCUT2D eigenvalue weighted by atomic mass is 79.9. The van der Waals surface area contributed by atoms with Gasteiger partial charge in [0.25, 0.3) is 11.8 Å². The van der Waals surface area contributed by atoms with E-state index in [9.17, 15) is 19.2 Å². The molecule has 0 bridgehead atoms. The summed E-state index contributed by atoms with van der Waals surface area (Å²) >= 11 is 7.08. The maximum absolute atomic E-state index is 14.2. The van der Waals surface area contributed by atoms with Crippen LogP contribution < -0.4 is 9.80 Å². The van der Waals surface area contributed by atoms with Crippen LogP contribution in [-0.4, -0.2) is 36.5 Å². The van der Waals surface area contributed by atoms with E-state index in [1.54, 1.807) is 0 Å². The molecule has 272 valence electrons. The summed E-state index contributed by atoms with van der Waals surface area (Å²) in [4.78, 5) is 57.9. The topological polar surface area (TPSA) is 74.8 Å². The number of rotatable bonds is 24. The Hall–Kier alpha value is -2.58. The minimum Gasteiger partial charge on any atom is -0.300 e. The first kappa shape index (κ1) is 40.2. The van der Waals surface area contributed by atoms with Gasteiger partial charge in [-0.05, 0) is 37.1 Å². The molecule has 0 aliphatic carbocycles. The van der Waals surface area contributed by atoms with E-state index >= 15 is 0 Å². The summed E-state index contributed by atoms with van der Waals surface area (Å²) in [6.07, 6.45) is 22.0. The molecule has 2 heterocycles. The number of nitrogens with zero attached hydrogens (tertiary/aromatic N) is 2. The standard InChI is InChI=1S/C42H56Br2N2O4/c1-3-5-7-9-11-13-15-17-19-21-33(47)29-45-37-27-31(43)23-25-35(37)39(41(45)49)40-36-26-24-32(44)28-38(36)46(42(40)50)30-34(48)22-20-18-16-14-12-10-8-6-4-2/h23-28H,3-22,29-30H2,1-2H3/b40-39-. The molecule has 6 nitrogen and oxygen atoms in total. The fourth-order valence-electron chi connectivity index (χ4n) is 7.17. The Morgan fingerprint density at radius 1 is 0.500 bits per heavy atom. The van der Waals surface area contributed by atoms with Gasteiger partial charge in [0.1, 0.15) is 0 Å². The summed E-state index contributed by atoms with van der Waals surface area (Å²) in [6.45, 7) is 4.40. The Morgan fingerprint density at radius 3 is 1.16 bits per heavy atom. The minimum absolute atomic E-state index is 0.0178. The third-order valence-electron chi connectivity index (χ3n) is 10.00. The molecule has 2 aliphatic heterocycles. The van der Waals surface area contributed by atoms with Crippen molar-refractivity contribution in [3.05, 3.63) is 56.5 Å². The van der Waals surface area contributed by atoms with E-state index in [1.807, 2.05) is 36.4 Å². The van der Waals surface area contributed by atoms with Crippen LogP contribution in [0.4, 0.5) is 11.4 Å². The molecule has 2 aliphatic rings. The summed E-state index contributed by atoms with van der Waals surface area (Å²) < 4.78 is 1.58. The van der Waals surface area contributed by atoms with Gasteiger partial charge in [0.05, 0.1) is 35.6 Å². The highest BCUT2D eigenvalue weighted by Gasteiger charge is 2.43. The molecule has 0 aromatic heterocycles. The number of hydrogen-bond acceptors (Lipinski definition) is 4. The monoisotopic (exact) mass is 810 g/mol. The molecule has 2 aromatic carbocycles. The van der Waals surface area contributed by atoms with Gasteiger partial charge in [0.2, 0.25) is 0 Å². The van der Waals surface area contributed by atoms with Crippen molar-refractivity contribution < 1.29 is 19.2 Å². The molecule has 0 N–H and O–H groups in total. The lowest BCUT2D eigenvalue weighted by Crippen LogP contribution is -2.34. The number of benzene rings is 2. The van der Waals surface area contributed by atoms with Crippen molar-refractivity contribution in [3.8, 4) is 0 Å². The second-order valence-corrected chi connectivity index (χ2v) is 15.9. The van der Waals surface area contributed by atoms with Crippen LogP contribution in [0.5, 0.6) is 0 Å². The van der Waals surface area contributed by atoms with E-state index in [2.05, 4.69) is 45.7 Å². The van der Waals surface area contributed by atoms with Crippen molar-refractivity contribution in [2.75, 3.05) is 22.9 Å². The maximum Gasteiger partial charge on any atom is 0.260 e. The van der Waals surface area contributed by atoms with Gasteiger partial charge in [-0.3, -0.25) is 19.2 Å². The second kappa shape index (κ2) is 21.1. The van der Waals surface area contributed by atoms with Gasteiger partial charge < -0.3 is 9.80 Å². The zero-order valence-corrected chi connectivity index (χ0v) is 33.5. The number of fused-ring (bicyclic) bond motifs is 2. The first-order valence-electron chi connectivity index (χ1n) is 19.3. The fraction of sp³-hybridized carbons (Fsp3) is 0.571. The third-order valence-corrected chi connectivity index (χ3v) is 11.0. The second-order valence-electron chi connectivity index (χ2n) is 14.1. The summed E-state index contributed by atoms with van der Waals surface area (Å²) in [7, 11) is 0. The largest absolute Gasteiger partial charge is 0.300 e. The van der Waals surface area contributed by atoms with E-state index in [0.717, 1.165) is 47.5 Å². The summed E-state index contributed by atoms with van der Waals surface area (Å²) in [5, 5.41) is 0. The SMILES string of the molecule is CCCCCCCCCCCC(=O)CN1C(=O)/C(=C2\C(=O)N(CC(=O)CCCCCCCCCCC)c3cc(Br)ccc32)c2ccc(Br)cc21. The number of Topliss-reactive ketones (excluding diaryl/α,β-unsaturated/α-hetero) is 2. The fourth-order valence-corrected chi connectivity index (χ4v) is 7.87. The van der Waals surface area contributed by atoms with Crippen molar-refractivity contribution in [3.63, 3.8) is 0 Å². The van der Waals surface area contributed by atoms with Crippen LogP contribution in [0.25, 0.3) is 11.1 Å². The van der Waals surface area contributed by atoms with Crippen molar-refractivity contribution in [1.82, 2.24) is 0 Å². The van der Waals surface area contributed by atoms with Crippen LogP contribution >= 0.6 is 31.9 Å². The molecule has 0 radical (unpaired) electrons. The minimum atomic E-state index is -0.349. The normalized spacial score (nSPS) is 15.3. The molecule has 0 saturated carbocycles. The Labute approximate surface area is 317 Å². The zero-order chi connectivity index (χ0) is 35.9. The van der Waals surface area contributed by atoms with Gasteiger partial charge in [-0.1, -0.05) is 161 Å². The number of carbonyl (C=O) groups is 4. The number of ketones is 2. The van der Waals surface area contributed by atoms with E-state index in [1.165, 1.54) is 86.8 Å². The lowest BCUT2D eigenvalue weighted by molar-refractivity contribution is -0.120. The van der Waals surface area contributed by atoms with E-state index in [0.29, 0.717) is 46.5 Å². The number of anilines is 2. The number of carbonyl (C=O) groups excluding carboxylic acids is 4. The van der Waals surface area contributed by atoms with Gasteiger partial charge in [0.15, 0.2) is 11.6 Å². The summed E-state index contributed by atoms with van der Waals surface area (Å²) in [6, 6.07) is 11.1. The molecule has 0 fully saturated rings. The number of unbranched alkanes of at least 4 members (excludes halogenated alkanes) is 16. The summed E-state index contributed by atoms with van der Waals surface area (Å²) in [5.41, 5.74) is 3.11. The molecule has 0 atom stereocenters. The maximum atomic E-state index is 14.2. The van der Waals surface area contributed by atoms with Crippen molar-refractivity contribution in [2.24, 2.45) is 0 Å². The zero-order valence-electron chi connectivity index (χ0n) is 30.3. The first-order valence-corrected chi connectivity index (χ1v) is 20.9. The third kappa shape index (κ3) is 11.2. The molecule has 4 rings (SSSR count). The van der Waals surface area contributed by atoms with Crippen LogP contribution in [-0.2, 0) is 19.2 Å². The molecule has 2 amide bonds. The lowest BCUT2D eigenvalue weighted by atomic mass is 9.96. The van der Waals surface area contributed by atoms with E-state index in [-0.39, 0.29) is 36.5 Å². The molecule has 0 saturated heterocycles. The smallest absolute Gasteiger partial charge is 0.260 e. The van der Waals surface area contributed by atoms with E-state index in [4.69, 9.17) is 0 Å². The van der Waals surface area contributed by atoms with Gasteiger partial charge in [0, 0.05) is 32.9 Å². The Balaban J connectivity index is 1.42. The van der Waals surface area contributed by atoms with Crippen molar-refractivity contribution >= 4 is 77.8 Å². The molecule has 8 heteroatoms. The average Bonchev–Trinajstić information content (AvgIpc) is 3.50. The molecular weight excluding hydrogens is 756 g/mol. The van der Waals surface area contributed by atoms with Crippen molar-refractivity contribution in [1.29, 1.82) is 0 Å². The van der Waals surface area contributed by atoms with Gasteiger partial charge in [-0.2, -0.15) is 0 Å². The molecule has 0 unspecified atom stereocenters. The average molecular weight is 813 g/mol. The first-order chi connectivity index (χ1) is 24.3. The Bertz CT molecular complexity index is 1410. The lowest BCUT2D eigenvalue weighted by Gasteiger charge is -2.17. The van der Waals surface area contributed by atoms with Crippen molar-refractivity contribution in [2.45, 2.75) is 142 Å². The predicted octanol–water partition coefficient (Wildman–Crippen LogP) is 11.8. The summed E-state index contributed by atoms with van der Waals surface area (Å²) in [5.74, 6) is -0.661. The van der Waals surface area contributed by atoms with Gasteiger partial charge in [-0.25, -0.2) is 0 Å². The molecule has 2 aromatic rings. The van der Waals surface area contributed by atoms with Gasteiger partial charge >= 0.3 is 0 Å². The highest BCUT2D eigenvalue weighted by molar-refractivity contribution is 9.10. The predicted molar refractivity (Wildman–Crippen MR) is 214 cm³/mol. The van der Waals surface area contributed by atoms with E-state index < -0.39 is 0 Å². The van der Waals surface area contributed by atoms with Gasteiger partial charge in [-0.15, -0.1) is 0 Å². The molecule has 50 heavy (non-hydrogen) atoms. The quantitative estimate of drug-likeness (QED) is 0.0781. The molecular formula is C42H56Br2N2O4. The number of hydrogen-bond donors (Lipinski definition) is 0. The number of halogens is 2. The highest BCUT2D eigenvalue weighted by Crippen LogP contribution is 2.47. The molecule has 0 spiro atoms. The van der Waals surface area contributed by atoms with Crippen LogP contribution in [0.1, 0.15) is 153 Å². The Kier molecular flexibility index (Phi) is 16.9. The van der Waals surface area contributed by atoms with Crippen LogP contribution in [0.2, 0.25) is 0 Å². The number of amides is 2. The van der Waals surface area contributed by atoms with Crippen LogP contribution in [0, 0.1) is 0 Å².